The van der Waals surface area contributed by atoms with Crippen LogP contribution in [-0.4, -0.2) is 6.54 Å². The largest absolute Gasteiger partial charge is 0.327 e. The minimum Gasteiger partial charge on any atom is -0.327 e. The number of aryl methyl sites for hydroxylation is 1. The molecule has 1 aromatic rings. The molecular weight excluding hydrogens is 226 g/mol. The Balaban J connectivity index is 3.01. The van der Waals surface area contributed by atoms with Gasteiger partial charge >= 0.3 is 0 Å². The van der Waals surface area contributed by atoms with Crippen LogP contribution >= 0.6 is 15.9 Å². The van der Waals surface area contributed by atoms with E-state index in [4.69, 9.17) is 5.73 Å². The third kappa shape index (κ3) is 2.98. The Morgan fingerprint density at radius 3 is 2.85 bits per heavy atom. The third-order valence-electron chi connectivity index (χ3n) is 1.92. The number of hydrogen-bond donors (Lipinski definition) is 1. The fourth-order valence-corrected chi connectivity index (χ4v) is 1.62. The van der Waals surface area contributed by atoms with E-state index in [1.165, 1.54) is 11.1 Å². The van der Waals surface area contributed by atoms with Gasteiger partial charge in [0.25, 0.3) is 0 Å². The van der Waals surface area contributed by atoms with E-state index in [0.29, 0.717) is 6.54 Å². The van der Waals surface area contributed by atoms with Crippen molar-refractivity contribution in [3.8, 4) is 0 Å². The van der Waals surface area contributed by atoms with Gasteiger partial charge in [-0.15, -0.1) is 0 Å². The van der Waals surface area contributed by atoms with Crippen LogP contribution in [0.15, 0.2) is 28.7 Å². The Hall–Kier alpha value is -0.600. The highest BCUT2D eigenvalue weighted by Gasteiger charge is 1.97. The lowest BCUT2D eigenvalue weighted by atomic mass is 10.1. The van der Waals surface area contributed by atoms with Crippen molar-refractivity contribution in [2.24, 2.45) is 5.73 Å². The Morgan fingerprint density at radius 2 is 2.23 bits per heavy atom. The molecule has 1 nitrogen and oxygen atoms in total. The molecule has 0 saturated carbocycles. The Bertz CT molecular complexity index is 305. The van der Waals surface area contributed by atoms with Crippen molar-refractivity contribution >= 4 is 22.0 Å². The molecule has 0 amide bonds. The summed E-state index contributed by atoms with van der Waals surface area (Å²) in [4.78, 5) is 0. The standard InChI is InChI=1S/C11H14BrN/c1-2-9-5-6-11(12)8-10(9)4-3-7-13/h3-6,8H,2,7,13H2,1H3/b4-3+. The minimum absolute atomic E-state index is 0.593. The van der Waals surface area contributed by atoms with Crippen LogP contribution in [0.4, 0.5) is 0 Å². The van der Waals surface area contributed by atoms with Crippen LogP contribution in [0.3, 0.4) is 0 Å². The molecule has 0 fully saturated rings. The Kier molecular flexibility index (Phi) is 4.19. The predicted molar refractivity (Wildman–Crippen MR) is 61.6 cm³/mol. The monoisotopic (exact) mass is 239 g/mol. The van der Waals surface area contributed by atoms with Crippen LogP contribution in [0.1, 0.15) is 18.1 Å². The topological polar surface area (TPSA) is 26.0 Å². The average molecular weight is 240 g/mol. The average Bonchev–Trinajstić information content (AvgIpc) is 2.15. The van der Waals surface area contributed by atoms with Crippen LogP contribution < -0.4 is 5.73 Å². The highest BCUT2D eigenvalue weighted by molar-refractivity contribution is 9.10. The summed E-state index contributed by atoms with van der Waals surface area (Å²) in [7, 11) is 0. The summed E-state index contributed by atoms with van der Waals surface area (Å²) in [6.45, 7) is 2.75. The first-order valence-electron chi connectivity index (χ1n) is 4.43. The Morgan fingerprint density at radius 1 is 1.46 bits per heavy atom. The van der Waals surface area contributed by atoms with Crippen molar-refractivity contribution in [1.82, 2.24) is 0 Å². The van der Waals surface area contributed by atoms with E-state index in [0.717, 1.165) is 10.9 Å². The number of benzene rings is 1. The van der Waals surface area contributed by atoms with E-state index in [9.17, 15) is 0 Å². The molecule has 1 rings (SSSR count). The molecule has 0 aromatic heterocycles. The molecule has 0 saturated heterocycles. The zero-order valence-electron chi connectivity index (χ0n) is 7.76. The van der Waals surface area contributed by atoms with Crippen molar-refractivity contribution in [2.45, 2.75) is 13.3 Å². The van der Waals surface area contributed by atoms with Gasteiger partial charge in [0.15, 0.2) is 0 Å². The van der Waals surface area contributed by atoms with Crippen molar-refractivity contribution in [2.75, 3.05) is 6.54 Å². The highest BCUT2D eigenvalue weighted by atomic mass is 79.9. The van der Waals surface area contributed by atoms with Gasteiger partial charge in [-0.25, -0.2) is 0 Å². The lowest BCUT2D eigenvalue weighted by Gasteiger charge is -2.03. The van der Waals surface area contributed by atoms with Gasteiger partial charge in [0.1, 0.15) is 0 Å². The first-order valence-corrected chi connectivity index (χ1v) is 5.22. The van der Waals surface area contributed by atoms with Gasteiger partial charge in [-0.1, -0.05) is 41.1 Å². The third-order valence-corrected chi connectivity index (χ3v) is 2.42. The maximum atomic E-state index is 5.41. The fraction of sp³-hybridized carbons (Fsp3) is 0.273. The first-order chi connectivity index (χ1) is 6.27. The maximum Gasteiger partial charge on any atom is 0.0181 e. The van der Waals surface area contributed by atoms with Crippen LogP contribution in [0, 0.1) is 0 Å². The zero-order chi connectivity index (χ0) is 9.68. The molecule has 13 heavy (non-hydrogen) atoms. The van der Waals surface area contributed by atoms with Gasteiger partial charge in [-0.3, -0.25) is 0 Å². The van der Waals surface area contributed by atoms with Gasteiger partial charge in [0, 0.05) is 11.0 Å². The van der Waals surface area contributed by atoms with E-state index < -0.39 is 0 Å². The predicted octanol–water partition coefficient (Wildman–Crippen LogP) is 2.98. The Labute approximate surface area is 87.8 Å². The number of rotatable bonds is 3. The van der Waals surface area contributed by atoms with E-state index in [-0.39, 0.29) is 0 Å². The summed E-state index contributed by atoms with van der Waals surface area (Å²) < 4.78 is 1.11. The van der Waals surface area contributed by atoms with Crippen molar-refractivity contribution in [3.05, 3.63) is 39.9 Å². The second-order valence-electron chi connectivity index (χ2n) is 2.83. The van der Waals surface area contributed by atoms with E-state index >= 15 is 0 Å². The SMILES string of the molecule is CCc1ccc(Br)cc1/C=C/CN. The molecule has 0 bridgehead atoms. The summed E-state index contributed by atoms with van der Waals surface area (Å²) in [6, 6.07) is 6.32. The summed E-state index contributed by atoms with van der Waals surface area (Å²) in [6.07, 6.45) is 5.10. The number of halogens is 1. The zero-order valence-corrected chi connectivity index (χ0v) is 9.34. The summed E-state index contributed by atoms with van der Waals surface area (Å²) in [5.74, 6) is 0. The lowest BCUT2D eigenvalue weighted by molar-refractivity contribution is 1.13. The molecule has 0 aliphatic carbocycles. The molecule has 70 valence electrons. The van der Waals surface area contributed by atoms with Crippen molar-refractivity contribution in [3.63, 3.8) is 0 Å². The lowest BCUT2D eigenvalue weighted by Crippen LogP contribution is -1.93. The molecule has 2 N–H and O–H groups in total. The molecular formula is C11H14BrN. The minimum atomic E-state index is 0.593. The molecule has 1 aromatic carbocycles. The van der Waals surface area contributed by atoms with E-state index in [1.54, 1.807) is 0 Å². The van der Waals surface area contributed by atoms with Gasteiger partial charge < -0.3 is 5.73 Å². The highest BCUT2D eigenvalue weighted by Crippen LogP contribution is 2.18. The molecule has 0 aliphatic rings. The molecule has 0 unspecified atom stereocenters. The summed E-state index contributed by atoms with van der Waals surface area (Å²) in [5.41, 5.74) is 8.01. The molecule has 0 spiro atoms. The van der Waals surface area contributed by atoms with Gasteiger partial charge in [0.2, 0.25) is 0 Å². The number of nitrogens with two attached hydrogens (primary N) is 1. The smallest absolute Gasteiger partial charge is 0.0181 e. The summed E-state index contributed by atoms with van der Waals surface area (Å²) in [5, 5.41) is 0. The first kappa shape index (κ1) is 10.5. The second-order valence-corrected chi connectivity index (χ2v) is 3.75. The normalized spacial score (nSPS) is 11.0. The molecule has 0 aliphatic heterocycles. The molecule has 2 heteroatoms. The van der Waals surface area contributed by atoms with Crippen LogP contribution in [0.2, 0.25) is 0 Å². The molecule has 0 atom stereocenters. The number of hydrogen-bond acceptors (Lipinski definition) is 1. The molecule has 0 heterocycles. The van der Waals surface area contributed by atoms with Gasteiger partial charge in [-0.05, 0) is 29.7 Å². The fourth-order valence-electron chi connectivity index (χ4n) is 1.24. The van der Waals surface area contributed by atoms with Crippen LogP contribution in [0.25, 0.3) is 6.08 Å². The van der Waals surface area contributed by atoms with Crippen molar-refractivity contribution in [1.29, 1.82) is 0 Å². The quantitative estimate of drug-likeness (QED) is 0.863. The van der Waals surface area contributed by atoms with Crippen LogP contribution in [0.5, 0.6) is 0 Å². The van der Waals surface area contributed by atoms with Gasteiger partial charge in [0.05, 0.1) is 0 Å². The van der Waals surface area contributed by atoms with E-state index in [2.05, 4.69) is 47.1 Å². The van der Waals surface area contributed by atoms with Crippen LogP contribution in [-0.2, 0) is 6.42 Å². The second kappa shape index (κ2) is 5.20. The summed E-state index contributed by atoms with van der Waals surface area (Å²) >= 11 is 3.45. The van der Waals surface area contributed by atoms with Gasteiger partial charge in [-0.2, -0.15) is 0 Å². The van der Waals surface area contributed by atoms with E-state index in [1.807, 2.05) is 6.08 Å². The molecule has 0 radical (unpaired) electrons. The van der Waals surface area contributed by atoms with Crippen molar-refractivity contribution < 1.29 is 0 Å². The maximum absolute atomic E-state index is 5.41.